The number of ether oxygens (including phenoxy) is 2. The maximum absolute atomic E-state index is 12.9. The highest BCUT2D eigenvalue weighted by Crippen LogP contribution is 2.24. The maximum atomic E-state index is 12.9. The van der Waals surface area contributed by atoms with Crippen LogP contribution in [0.4, 0.5) is 20.1 Å². The number of hydrogen-bond donors (Lipinski definition) is 3. The van der Waals surface area contributed by atoms with Crippen LogP contribution in [0.15, 0.2) is 48.5 Å². The van der Waals surface area contributed by atoms with Crippen molar-refractivity contribution in [3.63, 3.8) is 0 Å². The van der Waals surface area contributed by atoms with Crippen molar-refractivity contribution in [2.45, 2.75) is 65.0 Å². The van der Waals surface area contributed by atoms with E-state index < -0.39 is 29.4 Å². The van der Waals surface area contributed by atoms with E-state index >= 15 is 0 Å². The first-order chi connectivity index (χ1) is 19.9. The van der Waals surface area contributed by atoms with Crippen molar-refractivity contribution >= 4 is 29.8 Å². The molecule has 2 aromatic rings. The Kier molecular flexibility index (Phi) is 10.9. The number of amides is 5. The molecule has 0 radical (unpaired) electrons. The number of hydrogen-bond acceptors (Lipinski definition) is 6. The van der Waals surface area contributed by atoms with Gasteiger partial charge in [0, 0.05) is 31.6 Å². The minimum Gasteiger partial charge on any atom is -0.444 e. The Hall–Kier alpha value is -4.59. The van der Waals surface area contributed by atoms with Crippen LogP contribution in [0.25, 0.3) is 4.85 Å². The van der Waals surface area contributed by atoms with E-state index in [0.29, 0.717) is 24.1 Å². The fourth-order valence-corrected chi connectivity index (χ4v) is 4.31. The van der Waals surface area contributed by atoms with Gasteiger partial charge in [-0.1, -0.05) is 37.3 Å². The third kappa shape index (κ3) is 10.1. The van der Waals surface area contributed by atoms with Crippen molar-refractivity contribution in [3.05, 3.63) is 70.1 Å². The van der Waals surface area contributed by atoms with Gasteiger partial charge in [-0.15, -0.1) is 4.85 Å². The largest absolute Gasteiger partial charge is 0.598 e. The number of urea groups is 1. The lowest BCUT2D eigenvalue weighted by Crippen LogP contribution is -2.59. The first-order valence-corrected chi connectivity index (χ1v) is 14.0. The molecule has 0 saturated carbocycles. The molecule has 1 saturated heterocycles. The van der Waals surface area contributed by atoms with Crippen LogP contribution in [-0.4, -0.2) is 66.4 Å². The molecule has 1 fully saturated rings. The van der Waals surface area contributed by atoms with Crippen LogP contribution in [0.2, 0.25) is 0 Å². The van der Waals surface area contributed by atoms with E-state index in [2.05, 4.69) is 26.9 Å². The fraction of sp³-hybridized carbons (Fsp3) is 0.452. The summed E-state index contributed by atoms with van der Waals surface area (Å²) in [6.07, 6.45) is 0.140. The van der Waals surface area contributed by atoms with Crippen molar-refractivity contribution in [2.24, 2.45) is 0 Å². The number of carbonyl (C=O) groups excluding carboxylic acids is 4. The minimum absolute atomic E-state index is 0.129. The Labute approximate surface area is 246 Å². The van der Waals surface area contributed by atoms with Crippen LogP contribution >= 0.6 is 0 Å². The molecule has 224 valence electrons. The number of carbonyl (C=O) groups is 4. The predicted molar refractivity (Wildman–Crippen MR) is 160 cm³/mol. The van der Waals surface area contributed by atoms with Gasteiger partial charge in [-0.3, -0.25) is 10.1 Å². The third-order valence-corrected chi connectivity index (χ3v) is 6.74. The molecular weight excluding hydrogens is 538 g/mol. The third-order valence-electron chi connectivity index (χ3n) is 6.74. The Balaban J connectivity index is 1.64. The van der Waals surface area contributed by atoms with Gasteiger partial charge < -0.3 is 19.7 Å². The molecule has 1 heterocycles. The molecule has 5 amide bonds. The van der Waals surface area contributed by atoms with Crippen LogP contribution in [0, 0.1) is 13.0 Å². The summed E-state index contributed by atoms with van der Waals surface area (Å²) in [5.74, 6) is -0.291. The van der Waals surface area contributed by atoms with Crippen LogP contribution in [0.5, 0.6) is 0 Å². The predicted octanol–water partition coefficient (Wildman–Crippen LogP) is 5.08. The fourth-order valence-electron chi connectivity index (χ4n) is 4.31. The van der Waals surface area contributed by atoms with E-state index in [1.54, 1.807) is 43.9 Å². The Morgan fingerprint density at radius 2 is 1.67 bits per heavy atom. The first kappa shape index (κ1) is 31.9. The number of aryl methyl sites for hydroxylation is 2. The van der Waals surface area contributed by atoms with E-state index in [9.17, 15) is 19.2 Å². The number of piperidine rings is 1. The second-order valence-corrected chi connectivity index (χ2v) is 11.2. The highest BCUT2D eigenvalue weighted by molar-refractivity contribution is 5.87. The highest BCUT2D eigenvalue weighted by atomic mass is 16.6. The molecule has 2 aromatic carbocycles. The normalized spacial score (nSPS) is 14.1. The molecule has 1 aliphatic rings. The zero-order valence-electron chi connectivity index (χ0n) is 24.9. The van der Waals surface area contributed by atoms with Crippen molar-refractivity contribution in [2.75, 3.05) is 31.6 Å². The number of rotatable bonds is 7. The average molecular weight is 579 g/mol. The number of anilines is 1. The molecule has 42 heavy (non-hydrogen) atoms. The molecule has 3 rings (SSSR count). The molecule has 11 nitrogen and oxygen atoms in total. The van der Waals surface area contributed by atoms with Gasteiger partial charge in [-0.2, -0.15) is 4.79 Å². The van der Waals surface area contributed by atoms with Crippen molar-refractivity contribution in [1.29, 1.82) is 0 Å². The van der Waals surface area contributed by atoms with E-state index in [-0.39, 0.29) is 32.1 Å². The molecule has 0 unspecified atom stereocenters. The van der Waals surface area contributed by atoms with Gasteiger partial charge in [0.25, 0.3) is 0 Å². The van der Waals surface area contributed by atoms with Gasteiger partial charge >= 0.3 is 18.2 Å². The van der Waals surface area contributed by atoms with Gasteiger partial charge in [0.1, 0.15) is 24.3 Å². The topological polar surface area (TPSA) is 130 Å². The van der Waals surface area contributed by atoms with E-state index in [1.165, 1.54) is 0 Å². The summed E-state index contributed by atoms with van der Waals surface area (Å²) in [7, 11) is 0. The van der Waals surface area contributed by atoms with Crippen LogP contribution in [-0.2, 0) is 20.7 Å². The van der Waals surface area contributed by atoms with Crippen LogP contribution < -0.4 is 16.0 Å². The summed E-state index contributed by atoms with van der Waals surface area (Å²) < 4.78 is 10.7. The second kappa shape index (κ2) is 14.3. The van der Waals surface area contributed by atoms with E-state index in [0.717, 1.165) is 17.5 Å². The molecule has 1 aliphatic heterocycles. The number of nitrogens with one attached hydrogen (secondary N) is 3. The van der Waals surface area contributed by atoms with Crippen molar-refractivity contribution in [3.8, 4) is 6.07 Å². The first-order valence-electron chi connectivity index (χ1n) is 14.0. The average Bonchev–Trinajstić information content (AvgIpc) is 2.94. The summed E-state index contributed by atoms with van der Waals surface area (Å²) in [5, 5.41) is 8.06. The Bertz CT molecular complexity index is 1330. The summed E-state index contributed by atoms with van der Waals surface area (Å²) in [6.45, 7) is 9.33. The van der Waals surface area contributed by atoms with Crippen LogP contribution in [0.1, 0.15) is 57.2 Å². The molecule has 0 aliphatic carbocycles. The molecule has 11 heteroatoms. The highest BCUT2D eigenvalue weighted by Gasteiger charge is 2.43. The molecule has 0 atom stereocenters. The smallest absolute Gasteiger partial charge is 0.444 e. The number of benzene rings is 2. The Morgan fingerprint density at radius 1 is 1.00 bits per heavy atom. The van der Waals surface area contributed by atoms with Gasteiger partial charge in [0.2, 0.25) is 5.91 Å². The summed E-state index contributed by atoms with van der Waals surface area (Å²) in [4.78, 5) is 55.7. The van der Waals surface area contributed by atoms with Crippen LogP contribution in [0.3, 0.4) is 0 Å². The zero-order valence-corrected chi connectivity index (χ0v) is 24.9. The van der Waals surface area contributed by atoms with Gasteiger partial charge in [-0.25, -0.2) is 14.9 Å². The monoisotopic (exact) mass is 578 g/mol. The lowest BCUT2D eigenvalue weighted by Gasteiger charge is -2.38. The van der Waals surface area contributed by atoms with Gasteiger partial charge in [-0.05, 0) is 63.4 Å². The quantitative estimate of drug-likeness (QED) is 0.420. The van der Waals surface area contributed by atoms with Crippen molar-refractivity contribution < 1.29 is 28.7 Å². The minimum atomic E-state index is -0.965. The molecule has 3 N–H and O–H groups in total. The lowest BCUT2D eigenvalue weighted by molar-refractivity contribution is -0.132. The standard InChI is InChI=1S/C31H39N5O6/c1-6-23-11-13-25(14-12-23)34-29(40)41-21-31(35-27(38)32-19-24-10-8-7-9-22(24)2)15-17-36(18-16-31)26(37)20-33-28(39)42-30(3,4)5/h7-14H,6,15-18,20-21H2,1-5H3,(H2-,33,34,35,38,39,40)/p+1. The summed E-state index contributed by atoms with van der Waals surface area (Å²) >= 11 is 0. The molecule has 0 spiro atoms. The lowest BCUT2D eigenvalue weighted by atomic mass is 9.88. The maximum Gasteiger partial charge on any atom is 0.598 e. The van der Waals surface area contributed by atoms with Crippen molar-refractivity contribution in [1.82, 2.24) is 15.5 Å². The second-order valence-electron chi connectivity index (χ2n) is 11.2. The van der Waals surface area contributed by atoms with Gasteiger partial charge in [0.15, 0.2) is 6.07 Å². The number of alkyl carbamates (subject to hydrolysis) is 1. The molecule has 0 aromatic heterocycles. The van der Waals surface area contributed by atoms with Gasteiger partial charge in [0.05, 0.1) is 5.56 Å². The zero-order chi connectivity index (χ0) is 30.8. The number of nitrogens with zero attached hydrogens (tertiary/aromatic N) is 2. The summed E-state index contributed by atoms with van der Waals surface area (Å²) in [5.41, 5.74) is 1.69. The summed E-state index contributed by atoms with van der Waals surface area (Å²) in [6, 6.07) is 17.0. The van der Waals surface area contributed by atoms with E-state index in [4.69, 9.17) is 9.47 Å². The molecular formula is C31H40N5O6+. The number of likely N-dealkylation sites (tertiary alicyclic amines) is 1. The Morgan fingerprint density at radius 3 is 2.29 bits per heavy atom. The van der Waals surface area contributed by atoms with E-state index in [1.807, 2.05) is 44.2 Å². The molecule has 0 bridgehead atoms. The SMILES string of the molecule is CCc1ccc(NC(=O)OCC2(NC(=O)[N+]#Cc3ccccc3C)CCN(C(=O)CNC(=O)OC(C)(C)C)CC2)cc1.